The maximum atomic E-state index is 14.3. The van der Waals surface area contributed by atoms with Crippen LogP contribution in [0.1, 0.15) is 65.2 Å². The maximum Gasteiger partial charge on any atom is 0.291 e. The topological polar surface area (TPSA) is 183 Å². The van der Waals surface area contributed by atoms with Crippen molar-refractivity contribution in [2.75, 3.05) is 18.6 Å². The number of methoxy groups -OCH3 is 1. The number of carbonyl (C=O) groups excluding carboxylic acids is 2. The summed E-state index contributed by atoms with van der Waals surface area (Å²) in [5.41, 5.74) is 16.3. The van der Waals surface area contributed by atoms with Crippen molar-refractivity contribution in [3.05, 3.63) is 65.6 Å². The van der Waals surface area contributed by atoms with E-state index >= 15 is 0 Å². The van der Waals surface area contributed by atoms with Crippen LogP contribution in [-0.4, -0.2) is 70.5 Å². The van der Waals surface area contributed by atoms with Gasteiger partial charge in [0.05, 0.1) is 30.3 Å². The molecule has 7 rings (SSSR count). The Kier molecular flexibility index (Phi) is 6.48. The van der Waals surface area contributed by atoms with E-state index in [9.17, 15) is 14.0 Å². The molecule has 2 unspecified atom stereocenters. The normalized spacial score (nSPS) is 19.4. The summed E-state index contributed by atoms with van der Waals surface area (Å²) in [6.45, 7) is 1.47. The first-order valence-corrected chi connectivity index (χ1v) is 14.2. The summed E-state index contributed by atoms with van der Waals surface area (Å²) in [5.74, 6) is -0.506. The van der Waals surface area contributed by atoms with Gasteiger partial charge in [0.2, 0.25) is 11.8 Å². The molecule has 44 heavy (non-hydrogen) atoms. The Labute approximate surface area is 250 Å². The molecule has 14 heteroatoms. The number of pyridine rings is 1. The van der Waals surface area contributed by atoms with Gasteiger partial charge in [-0.3, -0.25) is 19.7 Å². The van der Waals surface area contributed by atoms with Gasteiger partial charge in [-0.15, -0.1) is 5.10 Å². The number of carbonyl (C=O) groups is 2. The number of hydrogen-bond acceptors (Lipinski definition) is 10. The van der Waals surface area contributed by atoms with Gasteiger partial charge >= 0.3 is 0 Å². The zero-order valence-electron chi connectivity index (χ0n) is 24.0. The van der Waals surface area contributed by atoms with E-state index in [0.29, 0.717) is 46.6 Å². The first kappa shape index (κ1) is 27.4. The molecule has 5 N–H and O–H groups in total. The fraction of sp³-hybridized carbons (Fsp3) is 0.300. The number of amides is 1. The van der Waals surface area contributed by atoms with Crippen molar-refractivity contribution in [1.29, 1.82) is 0 Å². The molecule has 1 aromatic carbocycles. The maximum absolute atomic E-state index is 14.3. The number of rotatable bonds is 6. The third-order valence-electron chi connectivity index (χ3n) is 8.64. The van der Waals surface area contributed by atoms with Crippen molar-refractivity contribution >= 4 is 29.1 Å². The Bertz CT molecular complexity index is 1920. The van der Waals surface area contributed by atoms with Crippen LogP contribution in [0.4, 0.5) is 16.2 Å². The van der Waals surface area contributed by atoms with E-state index in [-0.39, 0.29) is 53.0 Å². The van der Waals surface area contributed by atoms with Crippen LogP contribution in [-0.2, 0) is 0 Å². The predicted molar refractivity (Wildman–Crippen MR) is 158 cm³/mol. The van der Waals surface area contributed by atoms with E-state index in [1.165, 1.54) is 24.6 Å². The number of benzene rings is 1. The minimum absolute atomic E-state index is 0.0192. The molecule has 5 aromatic rings. The summed E-state index contributed by atoms with van der Waals surface area (Å²) in [4.78, 5) is 41.6. The minimum atomic E-state index is -0.474. The van der Waals surface area contributed by atoms with Crippen LogP contribution < -0.4 is 16.2 Å². The van der Waals surface area contributed by atoms with Crippen molar-refractivity contribution in [3.8, 4) is 28.1 Å². The van der Waals surface area contributed by atoms with Gasteiger partial charge in [0.1, 0.15) is 5.82 Å². The number of Topliss-reactive ketones (excluding diaryl/α,β-unsaturated/α-hetero) is 1. The van der Waals surface area contributed by atoms with Gasteiger partial charge in [-0.1, -0.05) is 6.07 Å². The van der Waals surface area contributed by atoms with Gasteiger partial charge in [0, 0.05) is 40.9 Å². The minimum Gasteiger partial charge on any atom is -0.494 e. The van der Waals surface area contributed by atoms with Crippen LogP contribution in [0.25, 0.3) is 28.0 Å². The monoisotopic (exact) mass is 596 g/mol. The predicted octanol–water partition coefficient (Wildman–Crippen LogP) is 3.64. The van der Waals surface area contributed by atoms with Crippen LogP contribution in [0.3, 0.4) is 0 Å². The number of halogens is 1. The standard InChI is InChI=1S/C30H29FN10O3/c1-14(42)24-25(17-9-18-5-6-19(10-17)40(18)29(43)27-37-30(33)39-38-27)36-28-20(13-35-41(28)26(24)32)16-3-7-22(34-12-16)15-4-8-23(44-2)21(31)11-15/h3-4,7-8,11-13,17-19H,5-6,9-10,32H2,1-2H3,(H3,33,37,38,39)/t17?,18-,19?/m1/s1. The average molecular weight is 597 g/mol. The Morgan fingerprint density at radius 3 is 2.41 bits per heavy atom. The van der Waals surface area contributed by atoms with Gasteiger partial charge in [-0.05, 0) is 56.9 Å². The molecular formula is C30H29FN10O3. The van der Waals surface area contributed by atoms with E-state index in [1.54, 1.807) is 30.6 Å². The number of piperidine rings is 1. The number of hydrogen-bond donors (Lipinski definition) is 3. The Morgan fingerprint density at radius 1 is 1.05 bits per heavy atom. The molecule has 13 nitrogen and oxygen atoms in total. The third kappa shape index (κ3) is 4.41. The molecule has 4 aromatic heterocycles. The summed E-state index contributed by atoms with van der Waals surface area (Å²) in [6, 6.07) is 8.22. The molecule has 1 amide bonds. The van der Waals surface area contributed by atoms with E-state index < -0.39 is 5.82 Å². The van der Waals surface area contributed by atoms with E-state index in [1.807, 2.05) is 11.0 Å². The zero-order chi connectivity index (χ0) is 30.7. The van der Waals surface area contributed by atoms with Gasteiger partial charge < -0.3 is 21.1 Å². The smallest absolute Gasteiger partial charge is 0.291 e. The number of aromatic amines is 1. The van der Waals surface area contributed by atoms with E-state index in [4.69, 9.17) is 21.2 Å². The summed E-state index contributed by atoms with van der Waals surface area (Å²) < 4.78 is 20.8. The number of anilines is 2. The molecule has 6 heterocycles. The second-order valence-electron chi connectivity index (χ2n) is 11.2. The lowest BCUT2D eigenvalue weighted by molar-refractivity contribution is 0.0556. The molecule has 2 saturated heterocycles. The quantitative estimate of drug-likeness (QED) is 0.245. The van der Waals surface area contributed by atoms with Gasteiger partial charge in [-0.2, -0.15) is 14.6 Å². The number of ether oxygens (including phenoxy) is 1. The lowest BCUT2D eigenvalue weighted by Crippen LogP contribution is -2.46. The first-order valence-electron chi connectivity index (χ1n) is 14.2. The lowest BCUT2D eigenvalue weighted by atomic mass is 9.85. The molecule has 0 aliphatic carbocycles. The van der Waals surface area contributed by atoms with Crippen molar-refractivity contribution in [2.45, 2.75) is 50.6 Å². The number of ketones is 1. The second-order valence-corrected chi connectivity index (χ2v) is 11.2. The zero-order valence-corrected chi connectivity index (χ0v) is 24.0. The Hall–Kier alpha value is -5.40. The number of H-pyrrole nitrogens is 1. The highest BCUT2D eigenvalue weighted by Gasteiger charge is 2.46. The second kappa shape index (κ2) is 10.4. The van der Waals surface area contributed by atoms with Crippen LogP contribution in [0.2, 0.25) is 0 Å². The van der Waals surface area contributed by atoms with Crippen molar-refractivity contribution in [2.24, 2.45) is 0 Å². The molecule has 0 radical (unpaired) electrons. The molecule has 2 bridgehead atoms. The summed E-state index contributed by atoms with van der Waals surface area (Å²) in [5, 5.41) is 10.9. The third-order valence-corrected chi connectivity index (χ3v) is 8.64. The number of nitrogens with one attached hydrogen (secondary N) is 1. The molecule has 3 atom stereocenters. The Balaban J connectivity index is 1.23. The highest BCUT2D eigenvalue weighted by atomic mass is 19.1. The molecule has 2 aliphatic heterocycles. The summed E-state index contributed by atoms with van der Waals surface area (Å²) in [7, 11) is 1.42. The molecule has 224 valence electrons. The summed E-state index contributed by atoms with van der Waals surface area (Å²) >= 11 is 0. The van der Waals surface area contributed by atoms with E-state index in [0.717, 1.165) is 18.4 Å². The van der Waals surface area contributed by atoms with Crippen molar-refractivity contribution in [1.82, 2.24) is 39.7 Å². The molecule has 0 spiro atoms. The number of nitrogen functional groups attached to an aromatic ring is 2. The molecule has 2 aliphatic rings. The Morgan fingerprint density at radius 2 is 1.80 bits per heavy atom. The van der Waals surface area contributed by atoms with Crippen molar-refractivity contribution < 1.29 is 18.7 Å². The SMILES string of the molecule is COc1ccc(-c2ccc(-c3cnn4c(N)c(C(C)=O)c(C5CC6CC[C@H](C5)N6C(=O)c5nc(N)n[nH]5)nc34)cn2)cc1F. The van der Waals surface area contributed by atoms with Crippen LogP contribution in [0, 0.1) is 5.82 Å². The number of nitrogens with two attached hydrogens (primary N) is 2. The molecule has 0 saturated carbocycles. The average Bonchev–Trinajstić information content (AvgIpc) is 3.72. The fourth-order valence-electron chi connectivity index (χ4n) is 6.67. The highest BCUT2D eigenvalue weighted by molar-refractivity contribution is 6.00. The first-order chi connectivity index (χ1) is 21.2. The van der Waals surface area contributed by atoms with Crippen LogP contribution >= 0.6 is 0 Å². The van der Waals surface area contributed by atoms with Crippen molar-refractivity contribution in [3.63, 3.8) is 0 Å². The van der Waals surface area contributed by atoms with Gasteiger partial charge in [-0.25, -0.2) is 9.37 Å². The number of nitrogens with zero attached hydrogens (tertiary/aromatic N) is 7. The highest BCUT2D eigenvalue weighted by Crippen LogP contribution is 2.45. The van der Waals surface area contributed by atoms with E-state index in [2.05, 4.69) is 25.3 Å². The molecule has 2 fully saturated rings. The largest absolute Gasteiger partial charge is 0.494 e. The van der Waals surface area contributed by atoms with Crippen LogP contribution in [0.5, 0.6) is 5.75 Å². The number of fused-ring (bicyclic) bond motifs is 3. The van der Waals surface area contributed by atoms with Crippen LogP contribution in [0.15, 0.2) is 42.7 Å². The number of aromatic nitrogens is 7. The van der Waals surface area contributed by atoms with Gasteiger partial charge in [0.15, 0.2) is 23.0 Å². The lowest BCUT2D eigenvalue weighted by Gasteiger charge is -2.38. The fourth-order valence-corrected chi connectivity index (χ4v) is 6.67. The summed E-state index contributed by atoms with van der Waals surface area (Å²) in [6.07, 6.45) is 6.21. The molecular weight excluding hydrogens is 567 g/mol. The van der Waals surface area contributed by atoms with Gasteiger partial charge in [0.25, 0.3) is 5.91 Å².